The summed E-state index contributed by atoms with van der Waals surface area (Å²) in [6.07, 6.45) is -0.271. The third-order valence-electron chi connectivity index (χ3n) is 4.88. The lowest BCUT2D eigenvalue weighted by Gasteiger charge is -2.36. The van der Waals surface area contributed by atoms with E-state index >= 15 is 4.39 Å². The number of amides is 1. The van der Waals surface area contributed by atoms with Gasteiger partial charge in [-0.3, -0.25) is 4.79 Å². The molecule has 12 heteroatoms. The molecule has 0 aliphatic carbocycles. The molecule has 180 valence electrons. The summed E-state index contributed by atoms with van der Waals surface area (Å²) in [5.41, 5.74) is -0.491. The molecule has 3 rings (SSSR count). The number of piperazine rings is 1. The van der Waals surface area contributed by atoms with E-state index in [9.17, 15) is 9.59 Å². The predicted molar refractivity (Wildman–Crippen MR) is 127 cm³/mol. The molecule has 0 atom stereocenters. The minimum absolute atomic E-state index is 0.0893. The number of benzene rings is 1. The van der Waals surface area contributed by atoms with Crippen LogP contribution in [0.3, 0.4) is 0 Å². The van der Waals surface area contributed by atoms with Gasteiger partial charge in [0.25, 0.3) is 0 Å². The van der Waals surface area contributed by atoms with Gasteiger partial charge in [-0.25, -0.2) is 14.2 Å². The fraction of sp³-hybridized carbons (Fsp3) is 0.524. The zero-order chi connectivity index (χ0) is 24.3. The minimum atomic E-state index is -0.607. The van der Waals surface area contributed by atoms with Crippen molar-refractivity contribution in [3.8, 4) is 0 Å². The Kier molecular flexibility index (Phi) is 7.84. The van der Waals surface area contributed by atoms with Crippen molar-refractivity contribution in [2.24, 2.45) is 0 Å². The lowest BCUT2D eigenvalue weighted by molar-refractivity contribution is -0.140. The first-order chi connectivity index (χ1) is 15.5. The van der Waals surface area contributed by atoms with Gasteiger partial charge in [-0.15, -0.1) is 0 Å². The van der Waals surface area contributed by atoms with Crippen LogP contribution in [-0.4, -0.2) is 72.4 Å². The third kappa shape index (κ3) is 6.14. The Balaban J connectivity index is 1.88. The van der Waals surface area contributed by atoms with E-state index in [2.05, 4.69) is 36.0 Å². The zero-order valence-corrected chi connectivity index (χ0v) is 21.2. The van der Waals surface area contributed by atoms with Crippen molar-refractivity contribution in [1.29, 1.82) is 0 Å². The second-order valence-corrected chi connectivity index (χ2v) is 9.66. The van der Waals surface area contributed by atoms with E-state index < -0.39 is 11.4 Å². The Labute approximate surface area is 204 Å². The molecule has 1 aromatic heterocycles. The van der Waals surface area contributed by atoms with Crippen molar-refractivity contribution < 1.29 is 23.5 Å². The quantitative estimate of drug-likeness (QED) is 0.440. The monoisotopic (exact) mass is 545 g/mol. The molecule has 9 nitrogen and oxygen atoms in total. The molecule has 2 aromatic rings. The number of anilines is 2. The van der Waals surface area contributed by atoms with Crippen LogP contribution in [-0.2, 0) is 14.3 Å². The number of hydrogen-bond acceptors (Lipinski definition) is 8. The molecule has 0 spiro atoms. The molecule has 0 bridgehead atoms. The van der Waals surface area contributed by atoms with Crippen LogP contribution in [0.4, 0.5) is 21.0 Å². The Morgan fingerprint density at radius 1 is 1.24 bits per heavy atom. The number of ether oxygens (including phenoxy) is 2. The van der Waals surface area contributed by atoms with Crippen molar-refractivity contribution >= 4 is 62.3 Å². The highest BCUT2D eigenvalue weighted by molar-refractivity contribution is 9.10. The van der Waals surface area contributed by atoms with Crippen molar-refractivity contribution in [2.45, 2.75) is 32.8 Å². The lowest BCUT2D eigenvalue weighted by atomic mass is 10.2. The maximum Gasteiger partial charge on any atom is 0.410 e. The molecule has 1 amide bonds. The fourth-order valence-electron chi connectivity index (χ4n) is 3.28. The Bertz CT molecular complexity index is 1060. The first-order valence-corrected chi connectivity index (χ1v) is 11.6. The highest BCUT2D eigenvalue weighted by Crippen LogP contribution is 2.36. The van der Waals surface area contributed by atoms with E-state index in [4.69, 9.17) is 16.3 Å². The van der Waals surface area contributed by atoms with Gasteiger partial charge >= 0.3 is 12.1 Å². The van der Waals surface area contributed by atoms with Crippen LogP contribution in [0, 0.1) is 5.82 Å². The van der Waals surface area contributed by atoms with E-state index in [0.29, 0.717) is 37.4 Å². The number of nitrogens with one attached hydrogen (secondary N) is 1. The number of esters is 1. The van der Waals surface area contributed by atoms with Crippen LogP contribution in [0.5, 0.6) is 0 Å². The lowest BCUT2D eigenvalue weighted by Crippen LogP contribution is -2.50. The van der Waals surface area contributed by atoms with E-state index in [-0.39, 0.29) is 46.0 Å². The number of aromatic nitrogens is 2. The van der Waals surface area contributed by atoms with E-state index in [1.807, 2.05) is 25.7 Å². The van der Waals surface area contributed by atoms with Gasteiger partial charge in [0.1, 0.15) is 16.9 Å². The average molecular weight is 547 g/mol. The standard InChI is InChI=1S/C21H26BrClFN5O4/c1-21(2,3)33-20(31)29-9-7-28(8-10-29)18-12-11-13(23)15(22)16(24)17(12)26-19(27-18)25-6-5-14(30)32-4/h11H,5-10H2,1-4H3,(H,25,26,27). The van der Waals surface area contributed by atoms with E-state index in [1.165, 1.54) is 7.11 Å². The van der Waals surface area contributed by atoms with Crippen LogP contribution in [0.2, 0.25) is 5.02 Å². The Morgan fingerprint density at radius 3 is 2.52 bits per heavy atom. The van der Waals surface area contributed by atoms with Gasteiger partial charge in [-0.1, -0.05) is 11.6 Å². The van der Waals surface area contributed by atoms with Gasteiger partial charge in [-0.05, 0) is 42.8 Å². The molecule has 1 aliphatic heterocycles. The number of halogens is 3. The summed E-state index contributed by atoms with van der Waals surface area (Å²) < 4.78 is 25.2. The van der Waals surface area contributed by atoms with Crippen molar-refractivity contribution in [1.82, 2.24) is 14.9 Å². The van der Waals surface area contributed by atoms with Gasteiger partial charge in [-0.2, -0.15) is 4.98 Å². The molecule has 0 saturated carbocycles. The number of fused-ring (bicyclic) bond motifs is 1. The predicted octanol–water partition coefficient (Wildman–Crippen LogP) is 4.22. The number of nitrogens with zero attached hydrogens (tertiary/aromatic N) is 4. The van der Waals surface area contributed by atoms with Crippen molar-refractivity contribution in [3.63, 3.8) is 0 Å². The molecule has 2 heterocycles. The summed E-state index contributed by atoms with van der Waals surface area (Å²) in [6, 6.07) is 1.61. The van der Waals surface area contributed by atoms with Crippen LogP contribution < -0.4 is 10.2 Å². The van der Waals surface area contributed by atoms with Crippen LogP contribution in [0.25, 0.3) is 10.9 Å². The molecule has 1 fully saturated rings. The second-order valence-electron chi connectivity index (χ2n) is 8.46. The maximum atomic E-state index is 15.0. The molecular formula is C21H26BrClFN5O4. The number of hydrogen-bond donors (Lipinski definition) is 1. The Hall–Kier alpha value is -2.40. The largest absolute Gasteiger partial charge is 0.469 e. The van der Waals surface area contributed by atoms with Gasteiger partial charge in [0.05, 0.1) is 23.0 Å². The first kappa shape index (κ1) is 25.2. The molecule has 0 unspecified atom stereocenters. The topological polar surface area (TPSA) is 96.9 Å². The van der Waals surface area contributed by atoms with Crippen LogP contribution in [0.15, 0.2) is 10.5 Å². The highest BCUT2D eigenvalue weighted by atomic mass is 79.9. The molecule has 1 N–H and O–H groups in total. The molecule has 1 saturated heterocycles. The highest BCUT2D eigenvalue weighted by Gasteiger charge is 2.28. The second kappa shape index (κ2) is 10.3. The summed E-state index contributed by atoms with van der Waals surface area (Å²) in [6.45, 7) is 7.43. The van der Waals surface area contributed by atoms with Gasteiger partial charge in [0.2, 0.25) is 5.95 Å². The molecule has 1 aliphatic rings. The van der Waals surface area contributed by atoms with Crippen LogP contribution in [0.1, 0.15) is 27.2 Å². The SMILES string of the molecule is COC(=O)CCNc1nc(N2CCN(C(=O)OC(C)(C)C)CC2)c2cc(Cl)c(Br)c(F)c2n1. The van der Waals surface area contributed by atoms with E-state index in [1.54, 1.807) is 11.0 Å². The van der Waals surface area contributed by atoms with Crippen molar-refractivity contribution in [2.75, 3.05) is 50.1 Å². The number of methoxy groups -OCH3 is 1. The van der Waals surface area contributed by atoms with Gasteiger partial charge in [0.15, 0.2) is 5.82 Å². The number of carbonyl (C=O) groups excluding carboxylic acids is 2. The van der Waals surface area contributed by atoms with Gasteiger partial charge in [0, 0.05) is 38.1 Å². The number of carbonyl (C=O) groups is 2. The summed E-state index contributed by atoms with van der Waals surface area (Å²) in [5, 5.41) is 3.59. The molecule has 1 aromatic carbocycles. The third-order valence-corrected chi connectivity index (χ3v) is 6.18. The minimum Gasteiger partial charge on any atom is -0.469 e. The number of rotatable bonds is 5. The summed E-state index contributed by atoms with van der Waals surface area (Å²) in [5.74, 6) is -0.339. The zero-order valence-electron chi connectivity index (χ0n) is 18.9. The molecular weight excluding hydrogens is 521 g/mol. The molecule has 0 radical (unpaired) electrons. The van der Waals surface area contributed by atoms with E-state index in [0.717, 1.165) is 0 Å². The van der Waals surface area contributed by atoms with Crippen molar-refractivity contribution in [3.05, 3.63) is 21.4 Å². The maximum absolute atomic E-state index is 15.0. The first-order valence-electron chi connectivity index (χ1n) is 10.4. The molecule has 33 heavy (non-hydrogen) atoms. The summed E-state index contributed by atoms with van der Waals surface area (Å²) >= 11 is 9.36. The summed E-state index contributed by atoms with van der Waals surface area (Å²) in [7, 11) is 1.31. The average Bonchev–Trinajstić information content (AvgIpc) is 2.76. The smallest absolute Gasteiger partial charge is 0.410 e. The fourth-order valence-corrected chi connectivity index (χ4v) is 3.78. The Morgan fingerprint density at radius 2 is 1.91 bits per heavy atom. The normalized spacial score (nSPS) is 14.4. The van der Waals surface area contributed by atoms with Crippen LogP contribution >= 0.6 is 27.5 Å². The van der Waals surface area contributed by atoms with Gasteiger partial charge < -0.3 is 24.6 Å². The summed E-state index contributed by atoms with van der Waals surface area (Å²) in [4.78, 5) is 36.2.